The molecule has 4 nitrogen and oxygen atoms in total. The van der Waals surface area contributed by atoms with E-state index < -0.39 is 5.60 Å². The minimum absolute atomic E-state index is 0.545. The first kappa shape index (κ1) is 12.1. The predicted molar refractivity (Wildman–Crippen MR) is 67.7 cm³/mol. The van der Waals surface area contributed by atoms with Crippen molar-refractivity contribution in [3.8, 4) is 0 Å². The van der Waals surface area contributed by atoms with Gasteiger partial charge in [-0.15, -0.1) is 10.2 Å². The molecule has 2 rings (SSSR count). The minimum atomic E-state index is -0.863. The van der Waals surface area contributed by atoms with Gasteiger partial charge in [-0.25, -0.2) is 0 Å². The largest absolute Gasteiger partial charge is 0.385 e. The van der Waals surface area contributed by atoms with Crippen LogP contribution in [0.15, 0.2) is 41.8 Å². The first-order valence-electron chi connectivity index (χ1n) is 5.34. The van der Waals surface area contributed by atoms with E-state index in [-0.39, 0.29) is 0 Å². The van der Waals surface area contributed by atoms with Crippen LogP contribution in [-0.2, 0) is 12.6 Å². The van der Waals surface area contributed by atoms with Gasteiger partial charge in [0.15, 0.2) is 5.16 Å². The van der Waals surface area contributed by atoms with E-state index in [9.17, 15) is 5.11 Å². The summed E-state index contributed by atoms with van der Waals surface area (Å²) in [6, 6.07) is 9.65. The Morgan fingerprint density at radius 2 is 2.06 bits per heavy atom. The van der Waals surface area contributed by atoms with Gasteiger partial charge in [0.1, 0.15) is 6.33 Å². The summed E-state index contributed by atoms with van der Waals surface area (Å²) in [5.74, 6) is 0.545. The van der Waals surface area contributed by atoms with E-state index in [1.165, 1.54) is 11.8 Å². The van der Waals surface area contributed by atoms with Gasteiger partial charge in [0.2, 0.25) is 0 Å². The normalized spacial score (nSPS) is 14.5. The first-order valence-corrected chi connectivity index (χ1v) is 6.33. The average Bonchev–Trinajstić information content (AvgIpc) is 2.74. The average molecular weight is 249 g/mol. The second-order valence-electron chi connectivity index (χ2n) is 4.15. The van der Waals surface area contributed by atoms with Crippen molar-refractivity contribution in [3.05, 3.63) is 42.2 Å². The third kappa shape index (κ3) is 2.87. The van der Waals surface area contributed by atoms with Gasteiger partial charge in [-0.05, 0) is 12.5 Å². The maximum atomic E-state index is 10.4. The molecule has 0 aliphatic heterocycles. The summed E-state index contributed by atoms with van der Waals surface area (Å²) in [5, 5.41) is 19.0. The molecule has 0 saturated carbocycles. The number of nitrogens with zero attached hydrogens (tertiary/aromatic N) is 3. The lowest BCUT2D eigenvalue weighted by Crippen LogP contribution is -2.24. The number of thioether (sulfide) groups is 1. The number of hydrogen-bond acceptors (Lipinski definition) is 4. The molecule has 5 heteroatoms. The molecule has 0 spiro atoms. The summed E-state index contributed by atoms with van der Waals surface area (Å²) in [4.78, 5) is 0. The highest BCUT2D eigenvalue weighted by Gasteiger charge is 2.23. The third-order valence-corrected chi connectivity index (χ3v) is 3.88. The molecule has 1 unspecified atom stereocenters. The van der Waals surface area contributed by atoms with Crippen LogP contribution in [-0.4, -0.2) is 25.6 Å². The Kier molecular flexibility index (Phi) is 3.49. The quantitative estimate of drug-likeness (QED) is 0.840. The summed E-state index contributed by atoms with van der Waals surface area (Å²) in [7, 11) is 1.89. The van der Waals surface area contributed by atoms with Crippen molar-refractivity contribution in [1.82, 2.24) is 14.8 Å². The number of hydrogen-bond donors (Lipinski definition) is 1. The topological polar surface area (TPSA) is 50.9 Å². The fourth-order valence-electron chi connectivity index (χ4n) is 1.49. The van der Waals surface area contributed by atoms with E-state index in [1.807, 2.05) is 48.9 Å². The zero-order valence-corrected chi connectivity index (χ0v) is 10.7. The van der Waals surface area contributed by atoms with Gasteiger partial charge in [0.05, 0.1) is 5.60 Å². The monoisotopic (exact) mass is 249 g/mol. The van der Waals surface area contributed by atoms with Crippen molar-refractivity contribution >= 4 is 11.8 Å². The van der Waals surface area contributed by atoms with E-state index in [4.69, 9.17) is 0 Å². The highest BCUT2D eigenvalue weighted by atomic mass is 32.2. The Labute approximate surface area is 105 Å². The van der Waals surface area contributed by atoms with Crippen molar-refractivity contribution in [2.45, 2.75) is 17.7 Å². The maximum absolute atomic E-state index is 10.4. The standard InChI is InChI=1S/C12H15N3OS/c1-12(16,10-6-4-3-5-7-10)8-17-11-14-13-9-15(11)2/h3-7,9,16H,8H2,1-2H3. The van der Waals surface area contributed by atoms with Crippen LogP contribution in [0.5, 0.6) is 0 Å². The molecule has 1 heterocycles. The Morgan fingerprint density at radius 1 is 1.35 bits per heavy atom. The predicted octanol–water partition coefficient (Wildman–Crippen LogP) is 1.81. The summed E-state index contributed by atoms with van der Waals surface area (Å²) in [6.45, 7) is 1.81. The van der Waals surface area contributed by atoms with Crippen molar-refractivity contribution in [1.29, 1.82) is 0 Å². The molecule has 1 N–H and O–H groups in total. The second-order valence-corrected chi connectivity index (χ2v) is 5.10. The molecule has 1 atom stereocenters. The van der Waals surface area contributed by atoms with E-state index in [0.717, 1.165) is 10.7 Å². The number of aryl methyl sites for hydroxylation is 1. The van der Waals surface area contributed by atoms with Gasteiger partial charge in [-0.2, -0.15) is 0 Å². The molecule has 0 fully saturated rings. The Morgan fingerprint density at radius 3 is 2.65 bits per heavy atom. The maximum Gasteiger partial charge on any atom is 0.190 e. The molecule has 90 valence electrons. The molecule has 0 bridgehead atoms. The Balaban J connectivity index is 2.06. The second kappa shape index (κ2) is 4.89. The van der Waals surface area contributed by atoms with Crippen LogP contribution in [0.25, 0.3) is 0 Å². The van der Waals surface area contributed by atoms with Gasteiger partial charge in [0.25, 0.3) is 0 Å². The fourth-order valence-corrected chi connectivity index (χ4v) is 2.42. The third-order valence-electron chi connectivity index (χ3n) is 2.55. The minimum Gasteiger partial charge on any atom is -0.385 e. The van der Waals surface area contributed by atoms with Crippen LogP contribution in [0.3, 0.4) is 0 Å². The highest BCUT2D eigenvalue weighted by molar-refractivity contribution is 7.99. The van der Waals surface area contributed by atoms with Crippen LogP contribution in [0.4, 0.5) is 0 Å². The van der Waals surface area contributed by atoms with Crippen LogP contribution < -0.4 is 0 Å². The number of benzene rings is 1. The van der Waals surface area contributed by atoms with E-state index in [1.54, 1.807) is 6.33 Å². The summed E-state index contributed by atoms with van der Waals surface area (Å²) < 4.78 is 1.84. The number of aliphatic hydroxyl groups is 1. The number of aromatic nitrogens is 3. The van der Waals surface area contributed by atoms with Crippen LogP contribution in [0.1, 0.15) is 12.5 Å². The molecule has 1 aromatic heterocycles. The van der Waals surface area contributed by atoms with Gasteiger partial charge >= 0.3 is 0 Å². The molecular formula is C12H15N3OS. The first-order chi connectivity index (χ1) is 8.09. The van der Waals surface area contributed by atoms with Crippen LogP contribution in [0, 0.1) is 0 Å². The lowest BCUT2D eigenvalue weighted by atomic mass is 9.99. The van der Waals surface area contributed by atoms with Gasteiger partial charge < -0.3 is 9.67 Å². The molecule has 0 saturated heterocycles. The summed E-state index contributed by atoms with van der Waals surface area (Å²) in [5.41, 5.74) is 0.0485. The zero-order valence-electron chi connectivity index (χ0n) is 9.87. The molecule has 17 heavy (non-hydrogen) atoms. The van der Waals surface area contributed by atoms with Gasteiger partial charge in [0, 0.05) is 12.8 Å². The molecule has 1 aromatic carbocycles. The smallest absolute Gasteiger partial charge is 0.190 e. The van der Waals surface area contributed by atoms with Crippen molar-refractivity contribution < 1.29 is 5.11 Å². The fraction of sp³-hybridized carbons (Fsp3) is 0.333. The molecule has 2 aromatic rings. The highest BCUT2D eigenvalue weighted by Crippen LogP contribution is 2.27. The van der Waals surface area contributed by atoms with Crippen LogP contribution >= 0.6 is 11.8 Å². The molecule has 0 amide bonds. The summed E-state index contributed by atoms with van der Waals surface area (Å²) >= 11 is 1.49. The van der Waals surface area contributed by atoms with Crippen molar-refractivity contribution in [2.24, 2.45) is 7.05 Å². The van der Waals surface area contributed by atoms with Crippen molar-refractivity contribution in [2.75, 3.05) is 5.75 Å². The molecular weight excluding hydrogens is 234 g/mol. The van der Waals surface area contributed by atoms with E-state index in [0.29, 0.717) is 5.75 Å². The number of rotatable bonds is 4. The van der Waals surface area contributed by atoms with E-state index >= 15 is 0 Å². The lowest BCUT2D eigenvalue weighted by molar-refractivity contribution is 0.0838. The molecule has 0 aliphatic carbocycles. The zero-order chi connectivity index (χ0) is 12.3. The lowest BCUT2D eigenvalue weighted by Gasteiger charge is -2.22. The van der Waals surface area contributed by atoms with Crippen molar-refractivity contribution in [3.63, 3.8) is 0 Å². The summed E-state index contributed by atoms with van der Waals surface area (Å²) in [6.07, 6.45) is 1.65. The van der Waals surface area contributed by atoms with Crippen LogP contribution in [0.2, 0.25) is 0 Å². The van der Waals surface area contributed by atoms with Gasteiger partial charge in [-0.3, -0.25) is 0 Å². The van der Waals surface area contributed by atoms with E-state index in [2.05, 4.69) is 10.2 Å². The molecule has 0 aliphatic rings. The van der Waals surface area contributed by atoms with Gasteiger partial charge in [-0.1, -0.05) is 42.1 Å². The Bertz CT molecular complexity index is 482. The molecule has 0 radical (unpaired) electrons. The Hall–Kier alpha value is -1.33. The SMILES string of the molecule is Cn1cnnc1SCC(C)(O)c1ccccc1.